The number of fused-ring (bicyclic) bond motifs is 1. The van der Waals surface area contributed by atoms with E-state index in [9.17, 15) is 9.90 Å². The molecule has 6 heteroatoms. The number of amides is 1. The molecule has 0 bridgehead atoms. The minimum absolute atomic E-state index is 0.00386. The second kappa shape index (κ2) is 9.03. The van der Waals surface area contributed by atoms with Gasteiger partial charge in [-0.15, -0.1) is 0 Å². The number of benzene rings is 1. The van der Waals surface area contributed by atoms with Gasteiger partial charge in [-0.05, 0) is 42.5 Å². The third kappa shape index (κ3) is 4.54. The van der Waals surface area contributed by atoms with Crippen molar-refractivity contribution in [3.05, 3.63) is 64.4 Å². The van der Waals surface area contributed by atoms with Gasteiger partial charge in [-0.25, -0.2) is 0 Å². The van der Waals surface area contributed by atoms with E-state index in [0.29, 0.717) is 31.0 Å². The summed E-state index contributed by atoms with van der Waals surface area (Å²) >= 11 is 6.20. The van der Waals surface area contributed by atoms with Crippen LogP contribution in [-0.4, -0.2) is 46.1 Å². The minimum Gasteiger partial charge on any atom is -0.389 e. The Kier molecular flexibility index (Phi) is 6.70. The molecule has 28 heavy (non-hydrogen) atoms. The van der Waals surface area contributed by atoms with E-state index >= 15 is 0 Å². The molecule has 0 aliphatic carbocycles. The highest BCUT2D eigenvalue weighted by Gasteiger charge is 2.33. The zero-order valence-electron chi connectivity index (χ0n) is 16.5. The van der Waals surface area contributed by atoms with E-state index < -0.39 is 5.60 Å². The third-order valence-electron chi connectivity index (χ3n) is 5.67. The average molecular weight is 402 g/mol. The van der Waals surface area contributed by atoms with E-state index in [-0.39, 0.29) is 18.5 Å². The molecule has 2 heterocycles. The molecular weight excluding hydrogens is 374 g/mol. The quantitative estimate of drug-likeness (QED) is 0.746. The Morgan fingerprint density at radius 3 is 2.79 bits per heavy atom. The maximum Gasteiger partial charge on any atom is 0.237 e. The molecule has 0 saturated carbocycles. The van der Waals surface area contributed by atoms with Crippen molar-refractivity contribution in [3.63, 3.8) is 0 Å². The number of pyridine rings is 1. The van der Waals surface area contributed by atoms with E-state index in [4.69, 9.17) is 11.6 Å². The molecule has 2 aromatic rings. The largest absolute Gasteiger partial charge is 0.389 e. The summed E-state index contributed by atoms with van der Waals surface area (Å²) in [5.41, 5.74) is 2.32. The lowest BCUT2D eigenvalue weighted by Gasteiger charge is -2.37. The van der Waals surface area contributed by atoms with Gasteiger partial charge < -0.3 is 15.3 Å². The number of halogens is 1. The van der Waals surface area contributed by atoms with Crippen molar-refractivity contribution in [1.82, 2.24) is 15.2 Å². The van der Waals surface area contributed by atoms with Crippen LogP contribution in [0.25, 0.3) is 0 Å². The molecule has 150 valence electrons. The predicted octanol–water partition coefficient (Wildman–Crippen LogP) is 3.35. The number of aliphatic hydroxyl groups is 1. The summed E-state index contributed by atoms with van der Waals surface area (Å²) in [5, 5.41) is 14.2. The van der Waals surface area contributed by atoms with Crippen LogP contribution in [0, 0.1) is 0 Å². The van der Waals surface area contributed by atoms with Gasteiger partial charge in [-0.3, -0.25) is 9.78 Å². The second-order valence-corrected chi connectivity index (χ2v) is 7.81. The maximum absolute atomic E-state index is 13.1. The molecule has 1 aliphatic rings. The first-order valence-electron chi connectivity index (χ1n) is 9.89. The normalized spacial score (nSPS) is 16.7. The molecule has 0 spiro atoms. The van der Waals surface area contributed by atoms with Gasteiger partial charge in [0.05, 0.1) is 23.9 Å². The van der Waals surface area contributed by atoms with E-state index in [1.54, 1.807) is 12.3 Å². The van der Waals surface area contributed by atoms with Crippen molar-refractivity contribution in [3.8, 4) is 0 Å². The van der Waals surface area contributed by atoms with Crippen LogP contribution < -0.4 is 5.32 Å². The van der Waals surface area contributed by atoms with Crippen LogP contribution in [0.5, 0.6) is 0 Å². The first kappa shape index (κ1) is 20.8. The van der Waals surface area contributed by atoms with E-state index in [1.807, 2.05) is 36.9 Å². The number of carbonyl (C=O) groups is 1. The van der Waals surface area contributed by atoms with Gasteiger partial charge in [0, 0.05) is 24.3 Å². The lowest BCUT2D eigenvalue weighted by molar-refractivity contribution is -0.132. The number of nitrogens with one attached hydrogen (secondary N) is 1. The van der Waals surface area contributed by atoms with E-state index in [1.165, 1.54) is 5.56 Å². The molecule has 1 aromatic heterocycles. The number of hydrogen-bond acceptors (Lipinski definition) is 4. The standard InChI is InChI=1S/C22H28ClN3O2/c1-3-22(28,4-2)15-24-14-20(27)26-12-10-16-7-5-6-8-18(16)21(26)19-13-17(23)9-11-25-19/h5-9,11,13,21,24,28H,3-4,10,12,14-15H2,1-2H3. The molecule has 1 unspecified atom stereocenters. The summed E-state index contributed by atoms with van der Waals surface area (Å²) in [6, 6.07) is 11.5. The third-order valence-corrected chi connectivity index (χ3v) is 5.91. The number of aromatic nitrogens is 1. The van der Waals surface area contributed by atoms with E-state index in [2.05, 4.69) is 22.4 Å². The van der Waals surface area contributed by atoms with Crippen LogP contribution in [0.1, 0.15) is 49.6 Å². The molecule has 0 fully saturated rings. The highest BCUT2D eigenvalue weighted by Crippen LogP contribution is 2.34. The van der Waals surface area contributed by atoms with Crippen LogP contribution >= 0.6 is 11.6 Å². The smallest absolute Gasteiger partial charge is 0.237 e. The molecule has 5 nitrogen and oxygen atoms in total. The fraction of sp³-hybridized carbons (Fsp3) is 0.455. The zero-order valence-corrected chi connectivity index (χ0v) is 17.2. The van der Waals surface area contributed by atoms with E-state index in [0.717, 1.165) is 17.7 Å². The number of rotatable bonds is 7. The van der Waals surface area contributed by atoms with Crippen molar-refractivity contribution in [1.29, 1.82) is 0 Å². The molecule has 1 aliphatic heterocycles. The first-order chi connectivity index (χ1) is 13.5. The van der Waals surface area contributed by atoms with Gasteiger partial charge in [0.1, 0.15) is 0 Å². The number of carbonyl (C=O) groups excluding carboxylic acids is 1. The molecule has 0 saturated heterocycles. The van der Waals surface area contributed by atoms with Crippen molar-refractivity contribution in [2.75, 3.05) is 19.6 Å². The molecule has 1 aromatic carbocycles. The highest BCUT2D eigenvalue weighted by molar-refractivity contribution is 6.30. The Morgan fingerprint density at radius 1 is 1.32 bits per heavy atom. The van der Waals surface area contributed by atoms with Crippen LogP contribution in [0.3, 0.4) is 0 Å². The van der Waals surface area contributed by atoms with Crippen LogP contribution in [0.4, 0.5) is 0 Å². The van der Waals surface area contributed by atoms with Gasteiger partial charge in [0.25, 0.3) is 0 Å². The second-order valence-electron chi connectivity index (χ2n) is 7.37. The minimum atomic E-state index is -0.775. The Labute approximate surface area is 171 Å². The monoisotopic (exact) mass is 401 g/mol. The Balaban J connectivity index is 1.82. The van der Waals surface area contributed by atoms with Gasteiger partial charge in [-0.2, -0.15) is 0 Å². The molecule has 1 atom stereocenters. The average Bonchev–Trinajstić information content (AvgIpc) is 2.72. The van der Waals surface area contributed by atoms with Crippen molar-refractivity contribution >= 4 is 17.5 Å². The Bertz CT molecular complexity index is 823. The van der Waals surface area contributed by atoms with Crippen LogP contribution in [0.2, 0.25) is 5.02 Å². The van der Waals surface area contributed by atoms with Crippen LogP contribution in [-0.2, 0) is 11.2 Å². The van der Waals surface area contributed by atoms with Crippen molar-refractivity contribution < 1.29 is 9.90 Å². The van der Waals surface area contributed by atoms with Gasteiger partial charge in [0.15, 0.2) is 0 Å². The van der Waals surface area contributed by atoms with Crippen molar-refractivity contribution in [2.45, 2.75) is 44.8 Å². The fourth-order valence-corrected chi connectivity index (χ4v) is 3.90. The Morgan fingerprint density at radius 2 is 2.07 bits per heavy atom. The molecule has 0 radical (unpaired) electrons. The summed E-state index contributed by atoms with van der Waals surface area (Å²) in [6.45, 7) is 5.12. The molecular formula is C22H28ClN3O2. The van der Waals surface area contributed by atoms with Gasteiger partial charge >= 0.3 is 0 Å². The SMILES string of the molecule is CCC(O)(CC)CNCC(=O)N1CCc2ccccc2C1c1cc(Cl)ccn1. The van der Waals surface area contributed by atoms with Crippen LogP contribution in [0.15, 0.2) is 42.6 Å². The highest BCUT2D eigenvalue weighted by atomic mass is 35.5. The summed E-state index contributed by atoms with van der Waals surface area (Å²) in [7, 11) is 0. The number of nitrogens with zero attached hydrogens (tertiary/aromatic N) is 2. The summed E-state index contributed by atoms with van der Waals surface area (Å²) in [4.78, 5) is 19.4. The molecule has 3 rings (SSSR count). The molecule has 1 amide bonds. The van der Waals surface area contributed by atoms with Crippen molar-refractivity contribution in [2.24, 2.45) is 0 Å². The maximum atomic E-state index is 13.1. The number of hydrogen-bond donors (Lipinski definition) is 2. The summed E-state index contributed by atoms with van der Waals surface area (Å²) in [5.74, 6) is -0.00386. The fourth-order valence-electron chi connectivity index (χ4n) is 3.73. The lowest BCUT2D eigenvalue weighted by atomic mass is 9.90. The lowest BCUT2D eigenvalue weighted by Crippen LogP contribution is -2.47. The predicted molar refractivity (Wildman–Crippen MR) is 111 cm³/mol. The Hall–Kier alpha value is -1.95. The zero-order chi connectivity index (χ0) is 20.1. The topological polar surface area (TPSA) is 65.5 Å². The van der Waals surface area contributed by atoms with Gasteiger partial charge in [-0.1, -0.05) is 49.7 Å². The first-order valence-corrected chi connectivity index (χ1v) is 10.3. The molecule has 2 N–H and O–H groups in total. The summed E-state index contributed by atoms with van der Waals surface area (Å²) < 4.78 is 0. The van der Waals surface area contributed by atoms with Gasteiger partial charge in [0.2, 0.25) is 5.91 Å². The summed E-state index contributed by atoms with van der Waals surface area (Å²) in [6.07, 6.45) is 3.79.